The molecule has 0 unspecified atom stereocenters. The Hall–Kier alpha value is -4.77. The minimum Gasteiger partial charge on any atom is -0.494 e. The molecule has 3 aromatic carbocycles. The van der Waals surface area contributed by atoms with Crippen LogP contribution in [0.2, 0.25) is 0 Å². The van der Waals surface area contributed by atoms with E-state index in [1.165, 1.54) is 12.1 Å². The van der Waals surface area contributed by atoms with Gasteiger partial charge in [-0.25, -0.2) is 9.07 Å². The number of nitrogens with one attached hydrogen (secondary N) is 1. The Bertz CT molecular complexity index is 1700. The Morgan fingerprint density at radius 3 is 2.65 bits per heavy atom. The first-order valence-corrected chi connectivity index (χ1v) is 12.9. The molecule has 40 heavy (non-hydrogen) atoms. The van der Waals surface area contributed by atoms with Crippen molar-refractivity contribution >= 4 is 10.9 Å². The Morgan fingerprint density at radius 1 is 0.975 bits per heavy atom. The van der Waals surface area contributed by atoms with Gasteiger partial charge in [-0.1, -0.05) is 18.2 Å². The third-order valence-electron chi connectivity index (χ3n) is 6.66. The van der Waals surface area contributed by atoms with Crippen LogP contribution in [0, 0.1) is 5.82 Å². The molecule has 6 rings (SSSR count). The van der Waals surface area contributed by atoms with Crippen LogP contribution < -0.4 is 19.8 Å². The molecular weight excluding hydrogens is 515 g/mol. The number of halogens is 1. The van der Waals surface area contributed by atoms with Gasteiger partial charge in [0.2, 0.25) is 6.79 Å². The molecule has 1 aliphatic heterocycles. The zero-order valence-corrected chi connectivity index (χ0v) is 21.8. The van der Waals surface area contributed by atoms with Gasteiger partial charge in [-0.3, -0.25) is 9.69 Å². The number of hydrogen-bond acceptors (Lipinski definition) is 8. The highest BCUT2D eigenvalue weighted by atomic mass is 19.1. The highest BCUT2D eigenvalue weighted by molar-refractivity contribution is 5.80. The molecule has 11 heteroatoms. The van der Waals surface area contributed by atoms with Gasteiger partial charge in [0.1, 0.15) is 11.6 Å². The van der Waals surface area contributed by atoms with Crippen LogP contribution in [0.5, 0.6) is 17.2 Å². The van der Waals surface area contributed by atoms with E-state index >= 15 is 0 Å². The number of aromatic nitrogens is 5. The molecule has 0 spiro atoms. The molecule has 0 amide bonds. The summed E-state index contributed by atoms with van der Waals surface area (Å²) in [4.78, 5) is 18.2. The number of pyridine rings is 1. The summed E-state index contributed by atoms with van der Waals surface area (Å²) in [5, 5.41) is 13.2. The zero-order chi connectivity index (χ0) is 27.5. The van der Waals surface area contributed by atoms with Crippen molar-refractivity contribution in [2.24, 2.45) is 0 Å². The van der Waals surface area contributed by atoms with Gasteiger partial charge >= 0.3 is 0 Å². The smallest absolute Gasteiger partial charge is 0.252 e. The van der Waals surface area contributed by atoms with Crippen molar-refractivity contribution in [1.29, 1.82) is 0 Å². The second-order valence-electron chi connectivity index (χ2n) is 9.52. The number of hydrogen-bond donors (Lipinski definition) is 1. The van der Waals surface area contributed by atoms with Gasteiger partial charge in [0.15, 0.2) is 17.3 Å². The van der Waals surface area contributed by atoms with Crippen LogP contribution in [0.15, 0.2) is 71.5 Å². The molecule has 3 heterocycles. The molecular formula is C29H27FN6O4. The van der Waals surface area contributed by atoms with E-state index in [-0.39, 0.29) is 18.2 Å². The molecule has 5 aromatic rings. The van der Waals surface area contributed by atoms with Crippen molar-refractivity contribution in [3.8, 4) is 17.2 Å². The van der Waals surface area contributed by atoms with Crippen molar-refractivity contribution in [2.45, 2.75) is 33.1 Å². The van der Waals surface area contributed by atoms with E-state index in [1.807, 2.05) is 49.4 Å². The third kappa shape index (κ3) is 5.64. The van der Waals surface area contributed by atoms with Crippen LogP contribution >= 0.6 is 0 Å². The quantitative estimate of drug-likeness (QED) is 0.282. The summed E-state index contributed by atoms with van der Waals surface area (Å²) in [7, 11) is 0. The van der Waals surface area contributed by atoms with E-state index in [0.29, 0.717) is 55.7 Å². The minimum atomic E-state index is -0.301. The number of fused-ring (bicyclic) bond motifs is 2. The topological polar surface area (TPSA) is 107 Å². The molecule has 0 atom stereocenters. The summed E-state index contributed by atoms with van der Waals surface area (Å²) in [6, 6.07) is 19.5. The van der Waals surface area contributed by atoms with E-state index < -0.39 is 0 Å². The summed E-state index contributed by atoms with van der Waals surface area (Å²) in [5.41, 5.74) is 3.02. The second kappa shape index (κ2) is 11.1. The number of ether oxygens (including phenoxy) is 3. The van der Waals surface area contributed by atoms with E-state index in [2.05, 4.69) is 25.4 Å². The Kier molecular flexibility index (Phi) is 7.11. The average molecular weight is 543 g/mol. The Labute approximate surface area is 228 Å². The molecule has 0 saturated carbocycles. The second-order valence-corrected chi connectivity index (χ2v) is 9.52. The number of H-pyrrole nitrogens is 1. The highest BCUT2D eigenvalue weighted by Crippen LogP contribution is 2.33. The molecule has 1 N–H and O–H groups in total. The fourth-order valence-corrected chi connectivity index (χ4v) is 4.73. The van der Waals surface area contributed by atoms with Gasteiger partial charge in [-0.2, -0.15) is 0 Å². The van der Waals surface area contributed by atoms with Crippen LogP contribution in [-0.4, -0.2) is 43.5 Å². The molecule has 0 aliphatic carbocycles. The van der Waals surface area contributed by atoms with E-state index in [4.69, 9.17) is 14.2 Å². The first-order valence-electron chi connectivity index (χ1n) is 12.9. The molecule has 1 aliphatic rings. The molecule has 0 bridgehead atoms. The molecule has 2 aromatic heterocycles. The number of rotatable bonds is 10. The predicted octanol–water partition coefficient (Wildman–Crippen LogP) is 4.03. The fourth-order valence-electron chi connectivity index (χ4n) is 4.73. The van der Waals surface area contributed by atoms with Crippen LogP contribution in [0.1, 0.15) is 29.4 Å². The van der Waals surface area contributed by atoms with Crippen LogP contribution in [-0.2, 0) is 26.2 Å². The summed E-state index contributed by atoms with van der Waals surface area (Å²) in [5.74, 6) is 2.44. The molecule has 0 saturated heterocycles. The molecule has 0 radical (unpaired) electrons. The maximum absolute atomic E-state index is 13.4. The van der Waals surface area contributed by atoms with Gasteiger partial charge in [-0.05, 0) is 77.0 Å². The first kappa shape index (κ1) is 25.5. The fraction of sp³-hybridized carbons (Fsp3) is 0.241. The van der Waals surface area contributed by atoms with Crippen LogP contribution in [0.4, 0.5) is 4.39 Å². The number of tetrazole rings is 1. The lowest BCUT2D eigenvalue weighted by Crippen LogP contribution is -2.28. The number of nitrogens with zero attached hydrogens (tertiary/aromatic N) is 5. The van der Waals surface area contributed by atoms with Gasteiger partial charge in [0.25, 0.3) is 5.56 Å². The summed E-state index contributed by atoms with van der Waals surface area (Å²) in [6.45, 7) is 4.25. The van der Waals surface area contributed by atoms with Crippen LogP contribution in [0.3, 0.4) is 0 Å². The van der Waals surface area contributed by atoms with Gasteiger partial charge < -0.3 is 19.2 Å². The van der Waals surface area contributed by atoms with Crippen molar-refractivity contribution in [1.82, 2.24) is 30.1 Å². The Balaban J connectivity index is 1.30. The van der Waals surface area contributed by atoms with E-state index in [9.17, 15) is 9.18 Å². The summed E-state index contributed by atoms with van der Waals surface area (Å²) < 4.78 is 31.8. The van der Waals surface area contributed by atoms with Gasteiger partial charge in [-0.15, -0.1) is 5.10 Å². The molecule has 10 nitrogen and oxygen atoms in total. The lowest BCUT2D eigenvalue weighted by atomic mass is 10.1. The summed E-state index contributed by atoms with van der Waals surface area (Å²) >= 11 is 0. The minimum absolute atomic E-state index is 0.168. The standard InChI is InChI=1S/C29H27FN6O4/c1-2-38-24-8-9-25-21(13-24)12-22(29(37)31-25)16-35(14-20-5-10-26-27(11-20)40-18-39-26)17-28-32-33-34-36(28)15-19-3-6-23(30)7-4-19/h3-13H,2,14-18H2,1H3,(H,31,37). The average Bonchev–Trinajstić information content (AvgIpc) is 3.60. The first-order chi connectivity index (χ1) is 19.5. The van der Waals surface area contributed by atoms with Crippen molar-refractivity contribution in [3.63, 3.8) is 0 Å². The monoisotopic (exact) mass is 542 g/mol. The maximum atomic E-state index is 13.4. The van der Waals surface area contributed by atoms with Gasteiger partial charge in [0, 0.05) is 29.6 Å². The normalized spacial score (nSPS) is 12.4. The molecule has 204 valence electrons. The van der Waals surface area contributed by atoms with Crippen LogP contribution in [0.25, 0.3) is 10.9 Å². The predicted molar refractivity (Wildman–Crippen MR) is 145 cm³/mol. The largest absolute Gasteiger partial charge is 0.494 e. The van der Waals surface area contributed by atoms with Crippen molar-refractivity contribution in [2.75, 3.05) is 13.4 Å². The molecule has 0 fully saturated rings. The zero-order valence-electron chi connectivity index (χ0n) is 21.8. The lowest BCUT2D eigenvalue weighted by molar-refractivity contribution is 0.174. The SMILES string of the molecule is CCOc1ccc2[nH]c(=O)c(CN(Cc3ccc4c(c3)OCO4)Cc3nnnn3Cc3ccc(F)cc3)cc2c1. The van der Waals surface area contributed by atoms with E-state index in [1.54, 1.807) is 16.8 Å². The number of benzene rings is 3. The Morgan fingerprint density at radius 2 is 1.80 bits per heavy atom. The van der Waals surface area contributed by atoms with E-state index in [0.717, 1.165) is 27.8 Å². The highest BCUT2D eigenvalue weighted by Gasteiger charge is 2.19. The van der Waals surface area contributed by atoms with Crippen molar-refractivity contribution in [3.05, 3.63) is 105 Å². The van der Waals surface area contributed by atoms with Crippen molar-refractivity contribution < 1.29 is 18.6 Å². The maximum Gasteiger partial charge on any atom is 0.252 e. The number of aromatic amines is 1. The third-order valence-corrected chi connectivity index (χ3v) is 6.66. The lowest BCUT2D eigenvalue weighted by Gasteiger charge is -2.22. The summed E-state index contributed by atoms with van der Waals surface area (Å²) in [6.07, 6.45) is 0. The van der Waals surface area contributed by atoms with Gasteiger partial charge in [0.05, 0.1) is 19.7 Å².